The van der Waals surface area contributed by atoms with Gasteiger partial charge >= 0.3 is 5.97 Å². The average Bonchev–Trinajstić information content (AvgIpc) is 2.90. The molecule has 0 saturated heterocycles. The third-order valence-corrected chi connectivity index (χ3v) is 3.18. The molecule has 0 unspecified atom stereocenters. The fourth-order valence-electron chi connectivity index (χ4n) is 1.93. The molecule has 6 heteroatoms. The first kappa shape index (κ1) is 15.5. The summed E-state index contributed by atoms with van der Waals surface area (Å²) in [6.07, 6.45) is 0.693. The monoisotopic (exact) mass is 310 g/mol. The summed E-state index contributed by atoms with van der Waals surface area (Å²) in [6.45, 7) is 2.57. The SMILES string of the molecule is CCOC(=O)c1cc(-c2ccc(F)cc2)nn1CCCCl. The zero-order chi connectivity index (χ0) is 15.2. The second-order valence-corrected chi connectivity index (χ2v) is 4.79. The molecule has 0 atom stereocenters. The van der Waals surface area contributed by atoms with Crippen LogP contribution in [0.15, 0.2) is 30.3 Å². The summed E-state index contributed by atoms with van der Waals surface area (Å²) in [5.41, 5.74) is 1.72. The summed E-state index contributed by atoms with van der Waals surface area (Å²) in [6, 6.07) is 7.62. The standard InChI is InChI=1S/C15H16ClFN2O2/c1-2-21-15(20)14-10-13(18-19(14)9-3-8-16)11-4-6-12(17)7-5-11/h4-7,10H,2-3,8-9H2,1H3. The van der Waals surface area contributed by atoms with Gasteiger partial charge in [-0.25, -0.2) is 9.18 Å². The van der Waals surface area contributed by atoms with Gasteiger partial charge in [0.05, 0.1) is 12.3 Å². The number of halogens is 2. The molecule has 1 aromatic carbocycles. The highest BCUT2D eigenvalue weighted by Gasteiger charge is 2.17. The lowest BCUT2D eigenvalue weighted by atomic mass is 10.1. The third kappa shape index (κ3) is 3.82. The average molecular weight is 311 g/mol. The number of ether oxygens (including phenoxy) is 1. The van der Waals surface area contributed by atoms with E-state index >= 15 is 0 Å². The van der Waals surface area contributed by atoms with Gasteiger partial charge in [-0.15, -0.1) is 11.6 Å². The Hall–Kier alpha value is -1.88. The van der Waals surface area contributed by atoms with Crippen LogP contribution >= 0.6 is 11.6 Å². The van der Waals surface area contributed by atoms with Crippen molar-refractivity contribution < 1.29 is 13.9 Å². The molecular weight excluding hydrogens is 295 g/mol. The van der Waals surface area contributed by atoms with Crippen LogP contribution in [-0.2, 0) is 11.3 Å². The van der Waals surface area contributed by atoms with E-state index in [0.717, 1.165) is 5.56 Å². The van der Waals surface area contributed by atoms with Gasteiger partial charge in [-0.1, -0.05) is 0 Å². The van der Waals surface area contributed by atoms with E-state index in [1.54, 1.807) is 29.8 Å². The van der Waals surface area contributed by atoms with Crippen LogP contribution in [0.1, 0.15) is 23.8 Å². The van der Waals surface area contributed by atoms with Gasteiger partial charge in [-0.2, -0.15) is 5.10 Å². The Balaban J connectivity index is 2.34. The lowest BCUT2D eigenvalue weighted by molar-refractivity contribution is 0.0511. The third-order valence-electron chi connectivity index (χ3n) is 2.91. The van der Waals surface area contributed by atoms with Crippen LogP contribution in [0.3, 0.4) is 0 Å². The van der Waals surface area contributed by atoms with Crippen molar-refractivity contribution in [2.75, 3.05) is 12.5 Å². The zero-order valence-electron chi connectivity index (χ0n) is 11.7. The van der Waals surface area contributed by atoms with E-state index in [2.05, 4.69) is 5.10 Å². The molecule has 0 N–H and O–H groups in total. The van der Waals surface area contributed by atoms with Crippen molar-refractivity contribution in [3.63, 3.8) is 0 Å². The quantitative estimate of drug-likeness (QED) is 0.606. The van der Waals surface area contributed by atoms with E-state index in [0.29, 0.717) is 36.8 Å². The number of esters is 1. The first-order chi connectivity index (χ1) is 10.2. The van der Waals surface area contributed by atoms with Crippen molar-refractivity contribution >= 4 is 17.6 Å². The second-order valence-electron chi connectivity index (χ2n) is 4.41. The normalized spacial score (nSPS) is 10.6. The van der Waals surface area contributed by atoms with Gasteiger partial charge < -0.3 is 4.74 Å². The summed E-state index contributed by atoms with van der Waals surface area (Å²) in [7, 11) is 0. The minimum absolute atomic E-state index is 0.297. The molecule has 0 aliphatic heterocycles. The first-order valence-corrected chi connectivity index (χ1v) is 7.26. The topological polar surface area (TPSA) is 44.1 Å². The Morgan fingerprint density at radius 3 is 2.71 bits per heavy atom. The molecule has 112 valence electrons. The van der Waals surface area contributed by atoms with E-state index in [1.807, 2.05) is 0 Å². The van der Waals surface area contributed by atoms with Crippen LogP contribution in [0.4, 0.5) is 4.39 Å². The minimum atomic E-state index is -0.423. The van der Waals surface area contributed by atoms with Gasteiger partial charge in [0.1, 0.15) is 11.5 Å². The summed E-state index contributed by atoms with van der Waals surface area (Å²) in [5.74, 6) is -0.257. The van der Waals surface area contributed by atoms with E-state index in [-0.39, 0.29) is 5.82 Å². The van der Waals surface area contributed by atoms with Crippen molar-refractivity contribution in [1.82, 2.24) is 9.78 Å². The molecule has 1 aromatic heterocycles. The fourth-order valence-corrected chi connectivity index (χ4v) is 2.05. The van der Waals surface area contributed by atoms with Crippen molar-refractivity contribution in [2.45, 2.75) is 19.9 Å². The summed E-state index contributed by atoms with van der Waals surface area (Å²) in [5, 5.41) is 4.39. The Morgan fingerprint density at radius 1 is 1.38 bits per heavy atom. The lowest BCUT2D eigenvalue weighted by Gasteiger charge is -2.05. The molecule has 0 aliphatic carbocycles. The second kappa shape index (κ2) is 7.22. The Morgan fingerprint density at radius 2 is 2.10 bits per heavy atom. The highest BCUT2D eigenvalue weighted by atomic mass is 35.5. The van der Waals surface area contributed by atoms with Crippen molar-refractivity contribution in [3.05, 3.63) is 41.8 Å². The van der Waals surface area contributed by atoms with E-state index in [1.165, 1.54) is 12.1 Å². The highest BCUT2D eigenvalue weighted by molar-refractivity contribution is 6.17. The van der Waals surface area contributed by atoms with Gasteiger partial charge in [-0.3, -0.25) is 4.68 Å². The van der Waals surface area contributed by atoms with Crippen molar-refractivity contribution in [2.24, 2.45) is 0 Å². The Labute approximate surface area is 127 Å². The van der Waals surface area contributed by atoms with Crippen molar-refractivity contribution in [3.8, 4) is 11.3 Å². The number of carbonyl (C=O) groups excluding carboxylic acids is 1. The molecule has 0 bridgehead atoms. The highest BCUT2D eigenvalue weighted by Crippen LogP contribution is 2.20. The number of aromatic nitrogens is 2. The van der Waals surface area contributed by atoms with Gasteiger partial charge in [0.15, 0.2) is 0 Å². The van der Waals surface area contributed by atoms with Gasteiger partial charge in [0.25, 0.3) is 0 Å². The minimum Gasteiger partial charge on any atom is -0.461 e. The molecule has 0 amide bonds. The predicted octanol–water partition coefficient (Wildman–Crippen LogP) is 3.49. The number of hydrogen-bond donors (Lipinski definition) is 0. The number of hydrogen-bond acceptors (Lipinski definition) is 3. The van der Waals surface area contributed by atoms with Crippen LogP contribution in [0.2, 0.25) is 0 Å². The van der Waals surface area contributed by atoms with Gasteiger partial charge in [-0.05, 0) is 43.7 Å². The number of carbonyl (C=O) groups is 1. The van der Waals surface area contributed by atoms with Crippen LogP contribution < -0.4 is 0 Å². The zero-order valence-corrected chi connectivity index (χ0v) is 12.4. The maximum absolute atomic E-state index is 13.0. The molecular formula is C15H16ClFN2O2. The molecule has 2 aromatic rings. The summed E-state index contributed by atoms with van der Waals surface area (Å²) in [4.78, 5) is 12.0. The molecule has 0 aliphatic rings. The first-order valence-electron chi connectivity index (χ1n) is 6.72. The number of rotatable bonds is 6. The fraction of sp³-hybridized carbons (Fsp3) is 0.333. The summed E-state index contributed by atoms with van der Waals surface area (Å²) < 4.78 is 19.6. The molecule has 0 radical (unpaired) electrons. The predicted molar refractivity (Wildman–Crippen MR) is 78.9 cm³/mol. The van der Waals surface area contributed by atoms with Crippen LogP contribution in [0.5, 0.6) is 0 Å². The number of aryl methyl sites for hydroxylation is 1. The lowest BCUT2D eigenvalue weighted by Crippen LogP contribution is -2.13. The smallest absolute Gasteiger partial charge is 0.356 e. The molecule has 0 spiro atoms. The van der Waals surface area contributed by atoms with Crippen molar-refractivity contribution in [1.29, 1.82) is 0 Å². The maximum Gasteiger partial charge on any atom is 0.356 e. The van der Waals surface area contributed by atoms with Crippen LogP contribution in [0, 0.1) is 5.82 Å². The van der Waals surface area contributed by atoms with Crippen LogP contribution in [0.25, 0.3) is 11.3 Å². The largest absolute Gasteiger partial charge is 0.461 e. The molecule has 0 saturated carbocycles. The molecule has 0 fully saturated rings. The van der Waals surface area contributed by atoms with E-state index in [9.17, 15) is 9.18 Å². The maximum atomic E-state index is 13.0. The van der Waals surface area contributed by atoms with Gasteiger partial charge in [0, 0.05) is 18.0 Å². The molecule has 2 rings (SSSR count). The van der Waals surface area contributed by atoms with E-state index < -0.39 is 5.97 Å². The summed E-state index contributed by atoms with van der Waals surface area (Å²) >= 11 is 5.69. The van der Waals surface area contributed by atoms with E-state index in [4.69, 9.17) is 16.3 Å². The van der Waals surface area contributed by atoms with Crippen LogP contribution in [-0.4, -0.2) is 28.2 Å². The number of benzene rings is 1. The number of alkyl halides is 1. The number of nitrogens with zero attached hydrogens (tertiary/aromatic N) is 2. The molecule has 1 heterocycles. The molecule has 4 nitrogen and oxygen atoms in total. The van der Waals surface area contributed by atoms with Gasteiger partial charge in [0.2, 0.25) is 0 Å². The Bertz CT molecular complexity index is 611. The Kier molecular flexibility index (Phi) is 5.33. The molecule has 21 heavy (non-hydrogen) atoms.